The van der Waals surface area contributed by atoms with Gasteiger partial charge in [-0.15, -0.1) is 11.8 Å². The molecule has 6 heteroatoms. The van der Waals surface area contributed by atoms with Crippen molar-refractivity contribution in [2.24, 2.45) is 0 Å². The molecule has 2 aromatic rings. The molecule has 124 valence electrons. The molecule has 4 nitrogen and oxygen atoms in total. The van der Waals surface area contributed by atoms with Gasteiger partial charge < -0.3 is 4.74 Å². The highest BCUT2D eigenvalue weighted by molar-refractivity contribution is 7.98. The zero-order valence-corrected chi connectivity index (χ0v) is 15.3. The van der Waals surface area contributed by atoms with Crippen LogP contribution in [0.1, 0.15) is 24.1 Å². The lowest BCUT2D eigenvalue weighted by molar-refractivity contribution is 0.411. The lowest BCUT2D eigenvalue weighted by Gasteiger charge is -2.16. The third-order valence-electron chi connectivity index (χ3n) is 3.62. The second-order valence-electron chi connectivity index (χ2n) is 5.25. The number of benzene rings is 2. The van der Waals surface area contributed by atoms with Crippen molar-refractivity contribution in [1.29, 1.82) is 0 Å². The van der Waals surface area contributed by atoms with Gasteiger partial charge in [0.05, 0.1) is 12.0 Å². The largest absolute Gasteiger partial charge is 0.496 e. The molecule has 0 spiro atoms. The summed E-state index contributed by atoms with van der Waals surface area (Å²) in [6.07, 6.45) is 2.01. The van der Waals surface area contributed by atoms with Gasteiger partial charge in [0.2, 0.25) is 10.0 Å². The highest BCUT2D eigenvalue weighted by Crippen LogP contribution is 2.24. The third-order valence-corrected chi connectivity index (χ3v) is 5.91. The minimum atomic E-state index is -3.58. The van der Waals surface area contributed by atoms with Crippen molar-refractivity contribution in [1.82, 2.24) is 4.72 Å². The molecule has 1 N–H and O–H groups in total. The van der Waals surface area contributed by atoms with E-state index >= 15 is 0 Å². The Morgan fingerprint density at radius 2 is 1.78 bits per heavy atom. The third kappa shape index (κ3) is 4.28. The Morgan fingerprint density at radius 3 is 2.30 bits per heavy atom. The highest BCUT2D eigenvalue weighted by Gasteiger charge is 2.19. The van der Waals surface area contributed by atoms with E-state index in [-0.39, 0.29) is 10.9 Å². The maximum absolute atomic E-state index is 12.5. The van der Waals surface area contributed by atoms with Gasteiger partial charge in [-0.2, -0.15) is 0 Å². The van der Waals surface area contributed by atoms with E-state index in [1.807, 2.05) is 44.4 Å². The Bertz CT molecular complexity index is 771. The summed E-state index contributed by atoms with van der Waals surface area (Å²) < 4.78 is 33.0. The number of aryl methyl sites for hydroxylation is 1. The molecule has 0 fully saturated rings. The van der Waals surface area contributed by atoms with Crippen LogP contribution in [-0.4, -0.2) is 21.8 Å². The van der Waals surface area contributed by atoms with E-state index in [0.717, 1.165) is 16.0 Å². The number of sulfonamides is 1. The van der Waals surface area contributed by atoms with Crippen molar-refractivity contribution < 1.29 is 13.2 Å². The molecule has 0 amide bonds. The maximum atomic E-state index is 12.5. The van der Waals surface area contributed by atoms with Gasteiger partial charge in [-0.3, -0.25) is 0 Å². The molecule has 0 saturated carbocycles. The molecule has 0 unspecified atom stereocenters. The van der Waals surface area contributed by atoms with E-state index in [9.17, 15) is 8.42 Å². The second kappa shape index (κ2) is 7.38. The number of rotatable bonds is 6. The first-order chi connectivity index (χ1) is 10.9. The van der Waals surface area contributed by atoms with Crippen LogP contribution in [0.15, 0.2) is 52.3 Å². The number of ether oxygens (including phenoxy) is 1. The summed E-state index contributed by atoms with van der Waals surface area (Å²) in [6.45, 7) is 3.66. The number of hydrogen-bond donors (Lipinski definition) is 1. The number of methoxy groups -OCH3 is 1. The average molecular weight is 351 g/mol. The fourth-order valence-corrected chi connectivity index (χ4v) is 4.00. The van der Waals surface area contributed by atoms with Crippen LogP contribution < -0.4 is 9.46 Å². The molecule has 0 aromatic heterocycles. The summed E-state index contributed by atoms with van der Waals surface area (Å²) in [4.78, 5) is 1.39. The molecule has 0 heterocycles. The molecule has 0 bridgehead atoms. The van der Waals surface area contributed by atoms with Gasteiger partial charge in [0.15, 0.2) is 0 Å². The van der Waals surface area contributed by atoms with Gasteiger partial charge in [-0.1, -0.05) is 12.1 Å². The summed E-state index contributed by atoms with van der Waals surface area (Å²) in [5, 5.41) is 0. The smallest absolute Gasteiger partial charge is 0.241 e. The number of nitrogens with one attached hydrogen (secondary N) is 1. The van der Waals surface area contributed by atoms with E-state index in [1.54, 1.807) is 37.1 Å². The summed E-state index contributed by atoms with van der Waals surface area (Å²) in [7, 11) is -2.02. The summed E-state index contributed by atoms with van der Waals surface area (Å²) in [6, 6.07) is 12.4. The predicted molar refractivity (Wildman–Crippen MR) is 94.7 cm³/mol. The molecule has 1 atom stereocenters. The highest BCUT2D eigenvalue weighted by atomic mass is 32.2. The van der Waals surface area contributed by atoms with Crippen LogP contribution in [0.5, 0.6) is 5.75 Å². The lowest BCUT2D eigenvalue weighted by atomic mass is 10.1. The molecule has 0 saturated heterocycles. The van der Waals surface area contributed by atoms with Crippen LogP contribution in [0.3, 0.4) is 0 Å². The van der Waals surface area contributed by atoms with Crippen molar-refractivity contribution >= 4 is 21.8 Å². The van der Waals surface area contributed by atoms with Crippen LogP contribution in [0, 0.1) is 6.92 Å². The molecule has 0 aliphatic rings. The van der Waals surface area contributed by atoms with Crippen LogP contribution >= 0.6 is 11.8 Å². The number of hydrogen-bond acceptors (Lipinski definition) is 4. The van der Waals surface area contributed by atoms with E-state index in [1.165, 1.54) is 0 Å². The van der Waals surface area contributed by atoms with Crippen molar-refractivity contribution in [2.75, 3.05) is 13.4 Å². The van der Waals surface area contributed by atoms with Gasteiger partial charge in [0, 0.05) is 10.9 Å². The summed E-state index contributed by atoms with van der Waals surface area (Å²) >= 11 is 1.65. The van der Waals surface area contributed by atoms with Gasteiger partial charge in [-0.25, -0.2) is 13.1 Å². The summed E-state index contributed by atoms with van der Waals surface area (Å²) in [5.74, 6) is 0.671. The first-order valence-corrected chi connectivity index (χ1v) is 9.89. The molecule has 2 aromatic carbocycles. The average Bonchev–Trinajstić information content (AvgIpc) is 2.54. The van der Waals surface area contributed by atoms with Gasteiger partial charge in [-0.05, 0) is 61.6 Å². The first kappa shape index (κ1) is 17.8. The molecular weight excluding hydrogens is 330 g/mol. The van der Waals surface area contributed by atoms with Crippen LogP contribution in [-0.2, 0) is 10.0 Å². The fraction of sp³-hybridized carbons (Fsp3) is 0.294. The topological polar surface area (TPSA) is 55.4 Å². The molecule has 23 heavy (non-hydrogen) atoms. The monoisotopic (exact) mass is 351 g/mol. The SMILES string of the molecule is COc1ccc(S(=O)(=O)N[C@@H](C)c2ccc(SC)cc2)cc1C. The molecule has 0 radical (unpaired) electrons. The second-order valence-corrected chi connectivity index (χ2v) is 7.84. The van der Waals surface area contributed by atoms with E-state index in [0.29, 0.717) is 5.75 Å². The Hall–Kier alpha value is -1.50. The first-order valence-electron chi connectivity index (χ1n) is 7.18. The lowest BCUT2D eigenvalue weighted by Crippen LogP contribution is -2.27. The zero-order valence-electron chi connectivity index (χ0n) is 13.7. The molecule has 2 rings (SSSR count). The summed E-state index contributed by atoms with van der Waals surface area (Å²) in [5.41, 5.74) is 1.71. The zero-order chi connectivity index (χ0) is 17.0. The Morgan fingerprint density at radius 1 is 1.13 bits per heavy atom. The van der Waals surface area contributed by atoms with E-state index in [4.69, 9.17) is 4.74 Å². The van der Waals surface area contributed by atoms with E-state index in [2.05, 4.69) is 4.72 Å². The van der Waals surface area contributed by atoms with Gasteiger partial charge in [0.1, 0.15) is 5.75 Å². The number of thioether (sulfide) groups is 1. The van der Waals surface area contributed by atoms with Crippen molar-refractivity contribution in [3.63, 3.8) is 0 Å². The minimum absolute atomic E-state index is 0.239. The minimum Gasteiger partial charge on any atom is -0.496 e. The van der Waals surface area contributed by atoms with E-state index < -0.39 is 10.0 Å². The Kier molecular flexibility index (Phi) is 5.73. The van der Waals surface area contributed by atoms with Gasteiger partial charge >= 0.3 is 0 Å². The molecule has 0 aliphatic heterocycles. The van der Waals surface area contributed by atoms with Gasteiger partial charge in [0.25, 0.3) is 0 Å². The molecular formula is C17H21NO3S2. The molecule has 0 aliphatic carbocycles. The standard InChI is InChI=1S/C17H21NO3S2/c1-12-11-16(9-10-17(12)21-3)23(19,20)18-13(2)14-5-7-15(22-4)8-6-14/h5-11,13,18H,1-4H3/t13-/m0/s1. The normalized spacial score (nSPS) is 12.9. The quantitative estimate of drug-likeness (QED) is 0.805. The van der Waals surface area contributed by atoms with Crippen LogP contribution in [0.2, 0.25) is 0 Å². The van der Waals surface area contributed by atoms with Crippen LogP contribution in [0.4, 0.5) is 0 Å². The Balaban J connectivity index is 2.21. The fourth-order valence-electron chi connectivity index (χ4n) is 2.28. The van der Waals surface area contributed by atoms with Crippen LogP contribution in [0.25, 0.3) is 0 Å². The predicted octanol–water partition coefficient (Wildman–Crippen LogP) is 3.77. The maximum Gasteiger partial charge on any atom is 0.241 e. The van der Waals surface area contributed by atoms with Crippen molar-refractivity contribution in [2.45, 2.75) is 29.7 Å². The van der Waals surface area contributed by atoms with Crippen molar-refractivity contribution in [3.8, 4) is 5.75 Å². The van der Waals surface area contributed by atoms with Crippen molar-refractivity contribution in [3.05, 3.63) is 53.6 Å². The Labute approximate surface area is 142 Å².